The molecule has 0 aliphatic carbocycles. The summed E-state index contributed by atoms with van der Waals surface area (Å²) in [4.78, 5) is 9.27. The van der Waals surface area contributed by atoms with Gasteiger partial charge in [-0.25, -0.2) is 4.98 Å². The van der Waals surface area contributed by atoms with E-state index in [1.165, 1.54) is 5.56 Å². The van der Waals surface area contributed by atoms with Gasteiger partial charge in [0, 0.05) is 38.4 Å². The first-order valence-electron chi connectivity index (χ1n) is 9.12. The number of hydrogen-bond donors (Lipinski definition) is 0. The minimum Gasteiger partial charge on any atom is -0.493 e. The van der Waals surface area contributed by atoms with Crippen molar-refractivity contribution < 1.29 is 9.47 Å². The molecule has 0 N–H and O–H groups in total. The van der Waals surface area contributed by atoms with Crippen molar-refractivity contribution in [1.82, 2.24) is 9.88 Å². The van der Waals surface area contributed by atoms with Crippen LogP contribution in [0.1, 0.15) is 22.4 Å². The topological polar surface area (TPSA) is 61.6 Å². The summed E-state index contributed by atoms with van der Waals surface area (Å²) in [6.45, 7) is 8.38. The molecule has 0 bridgehead atoms. The standard InChI is InChI=1S/C21H26N4O2/c1-15-11-16(2)23-21(18(15)13-22)25-9-7-24(8-10-25)14-17-5-6-19(26-3)20(12-17)27-4/h5-6,11-12H,7-10,14H2,1-4H3. The monoisotopic (exact) mass is 366 g/mol. The summed E-state index contributed by atoms with van der Waals surface area (Å²) in [7, 11) is 3.30. The lowest BCUT2D eigenvalue weighted by Crippen LogP contribution is -2.46. The highest BCUT2D eigenvalue weighted by Gasteiger charge is 2.22. The molecule has 0 atom stereocenters. The first-order valence-corrected chi connectivity index (χ1v) is 9.12. The van der Waals surface area contributed by atoms with E-state index in [0.29, 0.717) is 5.56 Å². The van der Waals surface area contributed by atoms with E-state index in [1.54, 1.807) is 14.2 Å². The van der Waals surface area contributed by atoms with Gasteiger partial charge in [-0.3, -0.25) is 4.90 Å². The third-order valence-electron chi connectivity index (χ3n) is 4.96. The molecule has 6 heteroatoms. The number of nitriles is 1. The fourth-order valence-corrected chi connectivity index (χ4v) is 3.54. The van der Waals surface area contributed by atoms with Gasteiger partial charge in [0.15, 0.2) is 11.5 Å². The van der Waals surface area contributed by atoms with Crippen molar-refractivity contribution in [3.8, 4) is 17.6 Å². The molecule has 27 heavy (non-hydrogen) atoms. The van der Waals surface area contributed by atoms with Crippen molar-refractivity contribution in [2.45, 2.75) is 20.4 Å². The summed E-state index contributed by atoms with van der Waals surface area (Å²) in [5.41, 5.74) is 3.83. The van der Waals surface area contributed by atoms with Crippen molar-refractivity contribution in [1.29, 1.82) is 5.26 Å². The Morgan fingerprint density at radius 2 is 1.74 bits per heavy atom. The zero-order valence-electron chi connectivity index (χ0n) is 16.5. The van der Waals surface area contributed by atoms with Crippen molar-refractivity contribution in [3.05, 3.63) is 46.6 Å². The molecule has 0 unspecified atom stereocenters. The third kappa shape index (κ3) is 4.15. The van der Waals surface area contributed by atoms with Gasteiger partial charge in [-0.2, -0.15) is 5.26 Å². The summed E-state index contributed by atoms with van der Waals surface area (Å²) in [6, 6.07) is 10.3. The number of aryl methyl sites for hydroxylation is 2. The van der Waals surface area contributed by atoms with Gasteiger partial charge >= 0.3 is 0 Å². The number of anilines is 1. The Morgan fingerprint density at radius 3 is 2.37 bits per heavy atom. The van der Waals surface area contributed by atoms with Crippen LogP contribution in [0.2, 0.25) is 0 Å². The molecule has 0 radical (unpaired) electrons. The van der Waals surface area contributed by atoms with Gasteiger partial charge in [0.05, 0.1) is 19.8 Å². The molecular weight excluding hydrogens is 340 g/mol. The van der Waals surface area contributed by atoms with Gasteiger partial charge in [0.25, 0.3) is 0 Å². The molecule has 2 heterocycles. The van der Waals surface area contributed by atoms with E-state index in [2.05, 4.69) is 26.9 Å². The second kappa shape index (κ2) is 8.28. The molecule has 0 saturated carbocycles. The SMILES string of the molecule is COc1ccc(CN2CCN(c3nc(C)cc(C)c3C#N)CC2)cc1OC. The highest BCUT2D eigenvalue weighted by Crippen LogP contribution is 2.28. The zero-order valence-corrected chi connectivity index (χ0v) is 16.5. The second-order valence-electron chi connectivity index (χ2n) is 6.84. The van der Waals surface area contributed by atoms with Crippen LogP contribution in [0.25, 0.3) is 0 Å². The minimum atomic E-state index is 0.689. The minimum absolute atomic E-state index is 0.689. The van der Waals surface area contributed by atoms with Crippen LogP contribution in [0, 0.1) is 25.2 Å². The summed E-state index contributed by atoms with van der Waals surface area (Å²) in [5.74, 6) is 2.32. The maximum Gasteiger partial charge on any atom is 0.161 e. The van der Waals surface area contributed by atoms with Gasteiger partial charge in [-0.1, -0.05) is 6.07 Å². The zero-order chi connectivity index (χ0) is 19.4. The van der Waals surface area contributed by atoms with E-state index in [4.69, 9.17) is 9.47 Å². The highest BCUT2D eigenvalue weighted by atomic mass is 16.5. The van der Waals surface area contributed by atoms with Crippen LogP contribution in [-0.2, 0) is 6.54 Å². The van der Waals surface area contributed by atoms with E-state index in [1.807, 2.05) is 32.0 Å². The maximum atomic E-state index is 9.51. The number of nitrogens with zero attached hydrogens (tertiary/aromatic N) is 4. The first kappa shape index (κ1) is 19.0. The quantitative estimate of drug-likeness (QED) is 0.811. The van der Waals surface area contributed by atoms with Crippen LogP contribution >= 0.6 is 0 Å². The Bertz CT molecular complexity index is 852. The van der Waals surface area contributed by atoms with Crippen LogP contribution in [0.15, 0.2) is 24.3 Å². The van der Waals surface area contributed by atoms with E-state index in [0.717, 1.165) is 61.3 Å². The number of piperazine rings is 1. The molecule has 1 aliphatic rings. The normalized spacial score (nSPS) is 14.7. The number of ether oxygens (including phenoxy) is 2. The molecule has 142 valence electrons. The molecule has 6 nitrogen and oxygen atoms in total. The van der Waals surface area contributed by atoms with Crippen LogP contribution in [-0.4, -0.2) is 50.3 Å². The number of rotatable bonds is 5. The summed E-state index contributed by atoms with van der Waals surface area (Å²) >= 11 is 0. The molecule has 3 rings (SSSR count). The molecule has 1 aliphatic heterocycles. The predicted octanol–water partition coefficient (Wildman–Crippen LogP) is 2.91. The second-order valence-corrected chi connectivity index (χ2v) is 6.84. The van der Waals surface area contributed by atoms with Gasteiger partial charge in [0.2, 0.25) is 0 Å². The average molecular weight is 366 g/mol. The third-order valence-corrected chi connectivity index (χ3v) is 4.96. The Morgan fingerprint density at radius 1 is 1.04 bits per heavy atom. The molecule has 1 saturated heterocycles. The number of benzene rings is 1. The predicted molar refractivity (Wildman–Crippen MR) is 105 cm³/mol. The van der Waals surface area contributed by atoms with Gasteiger partial charge in [-0.05, 0) is 43.2 Å². The fraction of sp³-hybridized carbons (Fsp3) is 0.429. The van der Waals surface area contributed by atoms with E-state index < -0.39 is 0 Å². The molecule has 0 spiro atoms. The molecule has 1 aromatic heterocycles. The number of hydrogen-bond acceptors (Lipinski definition) is 6. The first-order chi connectivity index (χ1) is 13.0. The van der Waals surface area contributed by atoms with Crippen LogP contribution in [0.4, 0.5) is 5.82 Å². The highest BCUT2D eigenvalue weighted by molar-refractivity contribution is 5.58. The average Bonchev–Trinajstić information content (AvgIpc) is 2.68. The summed E-state index contributed by atoms with van der Waals surface area (Å²) < 4.78 is 10.7. The largest absolute Gasteiger partial charge is 0.493 e. The van der Waals surface area contributed by atoms with Crippen molar-refractivity contribution >= 4 is 5.82 Å². The number of pyridine rings is 1. The lowest BCUT2D eigenvalue weighted by Gasteiger charge is -2.36. The van der Waals surface area contributed by atoms with Gasteiger partial charge in [-0.15, -0.1) is 0 Å². The molecule has 2 aromatic rings. The molecule has 1 aromatic carbocycles. The Labute approximate surface area is 160 Å². The fourth-order valence-electron chi connectivity index (χ4n) is 3.54. The van der Waals surface area contributed by atoms with Crippen LogP contribution in [0.5, 0.6) is 11.5 Å². The number of aromatic nitrogens is 1. The lowest BCUT2D eigenvalue weighted by atomic mass is 10.1. The smallest absolute Gasteiger partial charge is 0.161 e. The van der Waals surface area contributed by atoms with Crippen molar-refractivity contribution in [3.63, 3.8) is 0 Å². The lowest BCUT2D eigenvalue weighted by molar-refractivity contribution is 0.248. The van der Waals surface area contributed by atoms with Gasteiger partial charge in [0.1, 0.15) is 11.9 Å². The Kier molecular flexibility index (Phi) is 5.82. The number of methoxy groups -OCH3 is 2. The molecular formula is C21H26N4O2. The van der Waals surface area contributed by atoms with Crippen molar-refractivity contribution in [2.75, 3.05) is 45.3 Å². The van der Waals surface area contributed by atoms with E-state index in [-0.39, 0.29) is 0 Å². The summed E-state index contributed by atoms with van der Waals surface area (Å²) in [6.07, 6.45) is 0. The van der Waals surface area contributed by atoms with Crippen LogP contribution in [0.3, 0.4) is 0 Å². The van der Waals surface area contributed by atoms with Crippen molar-refractivity contribution in [2.24, 2.45) is 0 Å². The van der Waals surface area contributed by atoms with E-state index >= 15 is 0 Å². The molecule has 0 amide bonds. The maximum absolute atomic E-state index is 9.51. The Hall–Kier alpha value is -2.78. The van der Waals surface area contributed by atoms with Gasteiger partial charge < -0.3 is 14.4 Å². The molecule has 1 fully saturated rings. The van der Waals surface area contributed by atoms with E-state index in [9.17, 15) is 5.26 Å². The Balaban J connectivity index is 1.67. The summed E-state index contributed by atoms with van der Waals surface area (Å²) in [5, 5.41) is 9.51. The van der Waals surface area contributed by atoms with Crippen LogP contribution < -0.4 is 14.4 Å².